The first kappa shape index (κ1) is 10.2. The molecule has 0 unspecified atom stereocenters. The summed E-state index contributed by atoms with van der Waals surface area (Å²) < 4.78 is 1.80. The number of aromatic nitrogens is 4. The van der Waals surface area contributed by atoms with Crippen LogP contribution >= 0.6 is 11.6 Å². The van der Waals surface area contributed by atoms with Gasteiger partial charge in [0.05, 0.1) is 18.9 Å². The predicted molar refractivity (Wildman–Crippen MR) is 65.9 cm³/mol. The second-order valence-electron chi connectivity index (χ2n) is 3.69. The van der Waals surface area contributed by atoms with Crippen molar-refractivity contribution in [1.82, 2.24) is 19.7 Å². The second-order valence-corrected chi connectivity index (χ2v) is 4.08. The Labute approximate surface area is 103 Å². The summed E-state index contributed by atoms with van der Waals surface area (Å²) in [7, 11) is 0. The highest BCUT2D eigenvalue weighted by Gasteiger charge is 2.06. The summed E-state index contributed by atoms with van der Waals surface area (Å²) in [5, 5.41) is 4.65. The smallest absolute Gasteiger partial charge is 0.178 e. The molecule has 0 N–H and O–H groups in total. The van der Waals surface area contributed by atoms with Gasteiger partial charge in [0.25, 0.3) is 0 Å². The van der Waals surface area contributed by atoms with E-state index in [-0.39, 0.29) is 0 Å². The van der Waals surface area contributed by atoms with E-state index in [9.17, 15) is 0 Å². The first-order chi connectivity index (χ1) is 8.33. The molecule has 0 saturated heterocycles. The monoisotopic (exact) mass is 244 g/mol. The Morgan fingerprint density at radius 1 is 1.12 bits per heavy atom. The van der Waals surface area contributed by atoms with Gasteiger partial charge >= 0.3 is 0 Å². The summed E-state index contributed by atoms with van der Waals surface area (Å²) in [4.78, 5) is 8.40. The molecule has 0 saturated carbocycles. The van der Waals surface area contributed by atoms with Gasteiger partial charge in [-0.3, -0.25) is 0 Å². The van der Waals surface area contributed by atoms with Gasteiger partial charge in [-0.15, -0.1) is 0 Å². The van der Waals surface area contributed by atoms with Crippen molar-refractivity contribution >= 4 is 22.8 Å². The maximum Gasteiger partial charge on any atom is 0.178 e. The third kappa shape index (κ3) is 1.99. The van der Waals surface area contributed by atoms with E-state index in [1.165, 1.54) is 11.8 Å². The Balaban J connectivity index is 2.03. The Hall–Kier alpha value is -1.94. The molecule has 0 aliphatic rings. The van der Waals surface area contributed by atoms with Crippen molar-refractivity contribution in [2.24, 2.45) is 0 Å². The van der Waals surface area contributed by atoms with Crippen molar-refractivity contribution in [3.05, 3.63) is 53.4 Å². The molecular formula is C12H9ClN4. The molecule has 3 rings (SSSR count). The average Bonchev–Trinajstić information content (AvgIpc) is 2.73. The zero-order valence-corrected chi connectivity index (χ0v) is 9.67. The maximum atomic E-state index is 5.84. The molecule has 84 valence electrons. The van der Waals surface area contributed by atoms with Gasteiger partial charge in [-0.25, -0.2) is 14.6 Å². The fraction of sp³-hybridized carbons (Fsp3) is 0.0833. The molecule has 1 aromatic carbocycles. The van der Waals surface area contributed by atoms with Crippen molar-refractivity contribution in [1.29, 1.82) is 0 Å². The van der Waals surface area contributed by atoms with E-state index >= 15 is 0 Å². The fourth-order valence-corrected chi connectivity index (χ4v) is 1.83. The van der Waals surface area contributed by atoms with Gasteiger partial charge in [0.15, 0.2) is 5.65 Å². The number of nitrogens with zero attached hydrogens (tertiary/aromatic N) is 4. The summed E-state index contributed by atoms with van der Waals surface area (Å²) in [6.07, 6.45) is 3.22. The van der Waals surface area contributed by atoms with Crippen LogP contribution < -0.4 is 0 Å². The lowest BCUT2D eigenvalue weighted by Gasteiger charge is -2.02. The molecule has 2 heterocycles. The minimum absolute atomic E-state index is 0.382. The lowest BCUT2D eigenvalue weighted by Crippen LogP contribution is -2.02. The molecular weight excluding hydrogens is 236 g/mol. The summed E-state index contributed by atoms with van der Waals surface area (Å²) in [5.74, 6) is 0. The molecule has 2 aromatic heterocycles. The number of rotatable bonds is 2. The molecule has 4 nitrogen and oxygen atoms in total. The van der Waals surface area contributed by atoms with Crippen LogP contribution in [0.5, 0.6) is 0 Å². The van der Waals surface area contributed by atoms with E-state index in [1.807, 2.05) is 30.3 Å². The number of hydrogen-bond acceptors (Lipinski definition) is 3. The van der Waals surface area contributed by atoms with Crippen molar-refractivity contribution in [2.45, 2.75) is 6.54 Å². The van der Waals surface area contributed by atoms with Crippen LogP contribution in [0.25, 0.3) is 11.2 Å². The maximum absolute atomic E-state index is 5.84. The van der Waals surface area contributed by atoms with Crippen LogP contribution in [0.3, 0.4) is 0 Å². The average molecular weight is 245 g/mol. The van der Waals surface area contributed by atoms with Gasteiger partial charge in [-0.1, -0.05) is 41.9 Å². The first-order valence-electron chi connectivity index (χ1n) is 5.21. The summed E-state index contributed by atoms with van der Waals surface area (Å²) in [5.41, 5.74) is 2.63. The minimum atomic E-state index is 0.382. The molecule has 0 bridgehead atoms. The first-order valence-corrected chi connectivity index (χ1v) is 5.59. The number of hydrogen-bond donors (Lipinski definition) is 0. The topological polar surface area (TPSA) is 43.6 Å². The highest BCUT2D eigenvalue weighted by atomic mass is 35.5. The summed E-state index contributed by atoms with van der Waals surface area (Å²) >= 11 is 5.84. The highest BCUT2D eigenvalue weighted by Crippen LogP contribution is 2.13. The van der Waals surface area contributed by atoms with Gasteiger partial charge in [-0.05, 0) is 5.56 Å². The Morgan fingerprint density at radius 2 is 1.94 bits per heavy atom. The molecule has 0 atom stereocenters. The second kappa shape index (κ2) is 4.14. The van der Waals surface area contributed by atoms with Gasteiger partial charge in [0, 0.05) is 0 Å². The van der Waals surface area contributed by atoms with Crippen LogP contribution in [0, 0.1) is 0 Å². The van der Waals surface area contributed by atoms with E-state index < -0.39 is 0 Å². The van der Waals surface area contributed by atoms with Gasteiger partial charge in [0.1, 0.15) is 10.7 Å². The van der Waals surface area contributed by atoms with E-state index in [0.717, 1.165) is 5.52 Å². The quantitative estimate of drug-likeness (QED) is 0.696. The Kier molecular flexibility index (Phi) is 2.49. The van der Waals surface area contributed by atoms with Gasteiger partial charge < -0.3 is 0 Å². The Bertz CT molecular complexity index is 648. The number of benzene rings is 1. The van der Waals surface area contributed by atoms with Crippen LogP contribution in [0.4, 0.5) is 0 Å². The number of fused-ring (bicyclic) bond motifs is 1. The summed E-state index contributed by atoms with van der Waals surface area (Å²) in [6, 6.07) is 10.1. The molecule has 3 aromatic rings. The van der Waals surface area contributed by atoms with E-state index in [2.05, 4.69) is 15.1 Å². The standard InChI is InChI=1S/C12H9ClN4/c13-11-7-14-10-6-15-17(12(10)16-11)8-9-4-2-1-3-5-9/h1-7H,8H2. The zero-order valence-electron chi connectivity index (χ0n) is 8.92. The van der Waals surface area contributed by atoms with Crippen LogP contribution in [0.15, 0.2) is 42.7 Å². The lowest BCUT2D eigenvalue weighted by molar-refractivity contribution is 0.704. The fourth-order valence-electron chi connectivity index (χ4n) is 1.70. The predicted octanol–water partition coefficient (Wildman–Crippen LogP) is 2.53. The van der Waals surface area contributed by atoms with Crippen LogP contribution in [-0.4, -0.2) is 19.7 Å². The van der Waals surface area contributed by atoms with Gasteiger partial charge in [0.2, 0.25) is 0 Å². The Morgan fingerprint density at radius 3 is 2.76 bits per heavy atom. The van der Waals surface area contributed by atoms with E-state index in [1.54, 1.807) is 10.9 Å². The molecule has 0 radical (unpaired) electrons. The minimum Gasteiger partial charge on any atom is -0.248 e. The number of halogens is 1. The lowest BCUT2D eigenvalue weighted by atomic mass is 10.2. The van der Waals surface area contributed by atoms with Crippen molar-refractivity contribution < 1.29 is 0 Å². The summed E-state index contributed by atoms with van der Waals surface area (Å²) in [6.45, 7) is 0.666. The third-order valence-electron chi connectivity index (χ3n) is 2.49. The SMILES string of the molecule is Clc1cnc2cnn(Cc3ccccc3)c2n1. The van der Waals surface area contributed by atoms with Crippen molar-refractivity contribution in [3.63, 3.8) is 0 Å². The van der Waals surface area contributed by atoms with Gasteiger partial charge in [-0.2, -0.15) is 5.10 Å². The molecule has 0 amide bonds. The molecule has 17 heavy (non-hydrogen) atoms. The van der Waals surface area contributed by atoms with Crippen molar-refractivity contribution in [2.75, 3.05) is 0 Å². The largest absolute Gasteiger partial charge is 0.248 e. The molecule has 0 fully saturated rings. The zero-order chi connectivity index (χ0) is 11.7. The van der Waals surface area contributed by atoms with Crippen LogP contribution in [0.2, 0.25) is 5.15 Å². The van der Waals surface area contributed by atoms with Crippen LogP contribution in [-0.2, 0) is 6.54 Å². The normalized spacial score (nSPS) is 10.9. The highest BCUT2D eigenvalue weighted by molar-refractivity contribution is 6.29. The van der Waals surface area contributed by atoms with E-state index in [4.69, 9.17) is 11.6 Å². The molecule has 0 spiro atoms. The third-order valence-corrected chi connectivity index (χ3v) is 2.67. The van der Waals surface area contributed by atoms with Crippen LogP contribution in [0.1, 0.15) is 5.56 Å². The van der Waals surface area contributed by atoms with E-state index in [0.29, 0.717) is 17.3 Å². The molecule has 0 aliphatic carbocycles. The molecule has 5 heteroatoms. The van der Waals surface area contributed by atoms with Crippen molar-refractivity contribution in [3.8, 4) is 0 Å². The molecule has 0 aliphatic heterocycles.